The van der Waals surface area contributed by atoms with Crippen molar-refractivity contribution >= 4 is 5.91 Å². The molecule has 2 aliphatic heterocycles. The van der Waals surface area contributed by atoms with Crippen molar-refractivity contribution in [2.75, 3.05) is 26.8 Å². The zero-order valence-electron chi connectivity index (χ0n) is 9.37. The van der Waals surface area contributed by atoms with Gasteiger partial charge in [0.05, 0.1) is 6.61 Å². The number of hydrogen-bond acceptors (Lipinski definition) is 3. The van der Waals surface area contributed by atoms with Crippen molar-refractivity contribution in [2.45, 2.75) is 37.8 Å². The molecule has 0 radical (unpaired) electrons. The molecule has 4 heteroatoms. The molecule has 2 unspecified atom stereocenters. The molecule has 1 amide bonds. The number of hydrogen-bond donors (Lipinski definition) is 1. The number of ether oxygens (including phenoxy) is 1. The number of piperidine rings is 1. The van der Waals surface area contributed by atoms with Crippen LogP contribution in [0.3, 0.4) is 0 Å². The van der Waals surface area contributed by atoms with Gasteiger partial charge in [-0.15, -0.1) is 0 Å². The van der Waals surface area contributed by atoms with E-state index in [1.807, 2.05) is 11.9 Å². The summed E-state index contributed by atoms with van der Waals surface area (Å²) in [6, 6.07) is 0.949. The van der Waals surface area contributed by atoms with Gasteiger partial charge in [0.2, 0.25) is 5.91 Å². The minimum absolute atomic E-state index is 0.271. The lowest BCUT2D eigenvalue weighted by Gasteiger charge is -2.34. The maximum absolute atomic E-state index is 11.3. The van der Waals surface area contributed by atoms with Crippen molar-refractivity contribution in [1.29, 1.82) is 0 Å². The van der Waals surface area contributed by atoms with Gasteiger partial charge < -0.3 is 15.0 Å². The molecule has 0 aromatic rings. The molecule has 1 N–H and O–H groups in total. The van der Waals surface area contributed by atoms with Crippen LogP contribution < -0.4 is 5.32 Å². The average molecular weight is 212 g/mol. The summed E-state index contributed by atoms with van der Waals surface area (Å²) >= 11 is 0. The Kier molecular flexibility index (Phi) is 3.59. The fourth-order valence-corrected chi connectivity index (χ4v) is 2.35. The molecule has 2 saturated heterocycles. The van der Waals surface area contributed by atoms with Crippen LogP contribution in [0.25, 0.3) is 0 Å². The van der Waals surface area contributed by atoms with Gasteiger partial charge >= 0.3 is 0 Å². The standard InChI is InChI=1S/C11H20N2O2/c1-13-7-9(4-5-11(13)14)12-10-3-2-6-15-8-10/h9-10,12H,2-8H2,1H3. The molecule has 2 atom stereocenters. The van der Waals surface area contributed by atoms with Gasteiger partial charge in [-0.25, -0.2) is 0 Å². The lowest BCUT2D eigenvalue weighted by molar-refractivity contribution is -0.132. The van der Waals surface area contributed by atoms with Gasteiger partial charge in [-0.05, 0) is 19.3 Å². The van der Waals surface area contributed by atoms with Crippen LogP contribution in [0.15, 0.2) is 0 Å². The molecular weight excluding hydrogens is 192 g/mol. The Morgan fingerprint density at radius 3 is 2.93 bits per heavy atom. The fraction of sp³-hybridized carbons (Fsp3) is 0.909. The van der Waals surface area contributed by atoms with E-state index in [4.69, 9.17) is 4.74 Å². The molecule has 2 fully saturated rings. The van der Waals surface area contributed by atoms with Crippen molar-refractivity contribution in [1.82, 2.24) is 10.2 Å². The number of carbonyl (C=O) groups is 1. The summed E-state index contributed by atoms with van der Waals surface area (Å²) in [5.74, 6) is 0.271. The van der Waals surface area contributed by atoms with Gasteiger partial charge in [0.1, 0.15) is 0 Å². The number of rotatable bonds is 2. The second-order valence-electron chi connectivity index (χ2n) is 4.59. The molecule has 0 spiro atoms. The van der Waals surface area contributed by atoms with Gasteiger partial charge in [0, 0.05) is 38.7 Å². The van der Waals surface area contributed by atoms with Crippen LogP contribution in [0.2, 0.25) is 0 Å². The average Bonchev–Trinajstić information content (AvgIpc) is 2.25. The third-order valence-corrected chi connectivity index (χ3v) is 3.26. The Hall–Kier alpha value is -0.610. The van der Waals surface area contributed by atoms with Gasteiger partial charge in [-0.3, -0.25) is 4.79 Å². The molecule has 0 saturated carbocycles. The Morgan fingerprint density at radius 2 is 2.27 bits per heavy atom. The zero-order valence-corrected chi connectivity index (χ0v) is 9.37. The monoisotopic (exact) mass is 212 g/mol. The maximum atomic E-state index is 11.3. The van der Waals surface area contributed by atoms with E-state index in [-0.39, 0.29) is 5.91 Å². The topological polar surface area (TPSA) is 41.6 Å². The number of likely N-dealkylation sites (tertiary alicyclic amines) is 1. The summed E-state index contributed by atoms with van der Waals surface area (Å²) in [5.41, 5.74) is 0. The Morgan fingerprint density at radius 1 is 1.40 bits per heavy atom. The minimum atomic E-state index is 0.271. The Bertz CT molecular complexity index is 227. The summed E-state index contributed by atoms with van der Waals surface area (Å²) in [6.07, 6.45) is 4.01. The van der Waals surface area contributed by atoms with Crippen LogP contribution in [0.5, 0.6) is 0 Å². The number of likely N-dealkylation sites (N-methyl/N-ethyl adjacent to an activating group) is 1. The third-order valence-electron chi connectivity index (χ3n) is 3.26. The lowest BCUT2D eigenvalue weighted by atomic mass is 10.0. The van der Waals surface area contributed by atoms with Crippen LogP contribution in [-0.2, 0) is 9.53 Å². The second-order valence-corrected chi connectivity index (χ2v) is 4.59. The summed E-state index contributed by atoms with van der Waals surface area (Å²) in [5, 5.41) is 3.59. The number of carbonyl (C=O) groups excluding carboxylic acids is 1. The highest BCUT2D eigenvalue weighted by atomic mass is 16.5. The minimum Gasteiger partial charge on any atom is -0.380 e. The maximum Gasteiger partial charge on any atom is 0.222 e. The predicted molar refractivity (Wildman–Crippen MR) is 57.6 cm³/mol. The highest BCUT2D eigenvalue weighted by Crippen LogP contribution is 2.13. The molecule has 86 valence electrons. The summed E-state index contributed by atoms with van der Waals surface area (Å²) in [7, 11) is 1.88. The largest absolute Gasteiger partial charge is 0.380 e. The molecule has 0 bridgehead atoms. The third kappa shape index (κ3) is 2.92. The van der Waals surface area contributed by atoms with Gasteiger partial charge in [-0.1, -0.05) is 0 Å². The molecule has 0 aliphatic carbocycles. The molecule has 4 nitrogen and oxygen atoms in total. The fourth-order valence-electron chi connectivity index (χ4n) is 2.35. The van der Waals surface area contributed by atoms with E-state index in [1.54, 1.807) is 0 Å². The molecule has 2 rings (SSSR count). The van der Waals surface area contributed by atoms with Gasteiger partial charge in [-0.2, -0.15) is 0 Å². The molecular formula is C11H20N2O2. The van der Waals surface area contributed by atoms with Crippen LogP contribution in [0.4, 0.5) is 0 Å². The van der Waals surface area contributed by atoms with E-state index in [1.165, 1.54) is 6.42 Å². The van der Waals surface area contributed by atoms with Crippen LogP contribution in [0, 0.1) is 0 Å². The normalized spacial score (nSPS) is 33.1. The summed E-state index contributed by atoms with van der Waals surface area (Å²) in [6.45, 7) is 2.57. The van der Waals surface area contributed by atoms with E-state index < -0.39 is 0 Å². The van der Waals surface area contributed by atoms with Crippen LogP contribution in [0.1, 0.15) is 25.7 Å². The molecule has 2 heterocycles. The number of amides is 1. The first-order valence-electron chi connectivity index (χ1n) is 5.83. The summed E-state index contributed by atoms with van der Waals surface area (Å²) < 4.78 is 5.43. The smallest absolute Gasteiger partial charge is 0.222 e. The predicted octanol–water partition coefficient (Wildman–Crippen LogP) is 0.376. The van der Waals surface area contributed by atoms with Crippen molar-refractivity contribution in [3.05, 3.63) is 0 Å². The van der Waals surface area contributed by atoms with Crippen LogP contribution in [-0.4, -0.2) is 49.7 Å². The Balaban J connectivity index is 1.76. The summed E-state index contributed by atoms with van der Waals surface area (Å²) in [4.78, 5) is 13.1. The van der Waals surface area contributed by atoms with E-state index in [0.717, 1.165) is 32.6 Å². The number of nitrogens with one attached hydrogen (secondary N) is 1. The Labute approximate surface area is 91.0 Å². The lowest BCUT2D eigenvalue weighted by Crippen LogP contribution is -2.51. The molecule has 0 aromatic heterocycles. The van der Waals surface area contributed by atoms with Crippen LogP contribution >= 0.6 is 0 Å². The highest BCUT2D eigenvalue weighted by Gasteiger charge is 2.25. The first-order valence-corrected chi connectivity index (χ1v) is 5.83. The first kappa shape index (κ1) is 10.9. The van der Waals surface area contributed by atoms with Gasteiger partial charge in [0.25, 0.3) is 0 Å². The van der Waals surface area contributed by atoms with E-state index in [2.05, 4.69) is 5.32 Å². The van der Waals surface area contributed by atoms with Crippen molar-refractivity contribution in [2.24, 2.45) is 0 Å². The van der Waals surface area contributed by atoms with Crippen molar-refractivity contribution < 1.29 is 9.53 Å². The van der Waals surface area contributed by atoms with E-state index in [9.17, 15) is 4.79 Å². The van der Waals surface area contributed by atoms with Crippen molar-refractivity contribution in [3.63, 3.8) is 0 Å². The second kappa shape index (κ2) is 4.94. The van der Waals surface area contributed by atoms with Crippen molar-refractivity contribution in [3.8, 4) is 0 Å². The quantitative estimate of drug-likeness (QED) is 0.719. The molecule has 0 aromatic carbocycles. The highest BCUT2D eigenvalue weighted by molar-refractivity contribution is 5.76. The zero-order chi connectivity index (χ0) is 10.7. The molecule has 2 aliphatic rings. The number of nitrogens with zero attached hydrogens (tertiary/aromatic N) is 1. The first-order chi connectivity index (χ1) is 7.25. The van der Waals surface area contributed by atoms with E-state index in [0.29, 0.717) is 18.5 Å². The molecule has 15 heavy (non-hydrogen) atoms. The van der Waals surface area contributed by atoms with Gasteiger partial charge in [0.15, 0.2) is 0 Å². The SMILES string of the molecule is CN1CC(NC2CCCOC2)CCC1=O. The van der Waals surface area contributed by atoms with E-state index >= 15 is 0 Å².